The first kappa shape index (κ1) is 47.1. The lowest BCUT2D eigenvalue weighted by Gasteiger charge is -2.36. The number of aromatic amines is 2. The number of ether oxygens (including phenoxy) is 4. The molecule has 3 aromatic carbocycles. The van der Waals surface area contributed by atoms with Gasteiger partial charge in [0, 0.05) is 49.5 Å². The highest BCUT2D eigenvalue weighted by Gasteiger charge is 2.47. The molecule has 368 valence electrons. The van der Waals surface area contributed by atoms with Crippen molar-refractivity contribution >= 4 is 57.0 Å². The second-order valence-corrected chi connectivity index (χ2v) is 19.9. The Morgan fingerprint density at radius 2 is 1.03 bits per heavy atom. The van der Waals surface area contributed by atoms with Crippen molar-refractivity contribution in [1.29, 1.82) is 0 Å². The van der Waals surface area contributed by atoms with Gasteiger partial charge in [-0.25, -0.2) is 24.5 Å². The zero-order chi connectivity index (χ0) is 48.8. The van der Waals surface area contributed by atoms with Crippen molar-refractivity contribution in [2.45, 2.75) is 102 Å². The molecular formula is C53H63N9O8. The van der Waals surface area contributed by atoms with E-state index in [9.17, 15) is 19.2 Å². The molecule has 10 rings (SSSR count). The van der Waals surface area contributed by atoms with E-state index in [1.807, 2.05) is 40.1 Å². The molecule has 0 unspecified atom stereocenters. The molecule has 0 bridgehead atoms. The van der Waals surface area contributed by atoms with E-state index in [0.717, 1.165) is 74.0 Å². The minimum absolute atomic E-state index is 0.0588. The number of hydrogen-bond acceptors (Lipinski definition) is 11. The van der Waals surface area contributed by atoms with Gasteiger partial charge < -0.3 is 49.3 Å². The van der Waals surface area contributed by atoms with Crippen LogP contribution in [0.4, 0.5) is 9.59 Å². The van der Waals surface area contributed by atoms with Gasteiger partial charge in [0.15, 0.2) is 0 Å². The number of amides is 4. The SMILES string of the molecule is COC(=O)N[C@H](C(=O)N1[C@H](C)[C@H](C)C[C@H]1c1nc2ccc(-c3ccc4nc(-c5ccc6nc([C@@H]7C[C@@H](C)[C@@H](C)N7C(=O)[C@@H](NC(=O)OC)C7CCOCC7)[nH]c6c5)ccc4c3)cc2[nH]1)C1CCOCC1. The third-order valence-electron chi connectivity index (χ3n) is 15.8. The monoisotopic (exact) mass is 953 g/mol. The van der Waals surface area contributed by atoms with Crippen molar-refractivity contribution < 1.29 is 38.1 Å². The van der Waals surface area contributed by atoms with E-state index >= 15 is 0 Å². The van der Waals surface area contributed by atoms with Crippen LogP contribution < -0.4 is 10.6 Å². The fourth-order valence-electron chi connectivity index (χ4n) is 11.4. The van der Waals surface area contributed by atoms with E-state index in [1.165, 1.54) is 14.2 Å². The van der Waals surface area contributed by atoms with Crippen molar-refractivity contribution in [2.75, 3.05) is 40.6 Å². The molecule has 4 aliphatic heterocycles. The maximum atomic E-state index is 14.5. The van der Waals surface area contributed by atoms with Crippen LogP contribution in [0.15, 0.2) is 66.7 Å². The van der Waals surface area contributed by atoms with Crippen LogP contribution >= 0.6 is 0 Å². The van der Waals surface area contributed by atoms with Gasteiger partial charge in [-0.15, -0.1) is 0 Å². The summed E-state index contributed by atoms with van der Waals surface area (Å²) in [5.74, 6) is 1.51. The summed E-state index contributed by atoms with van der Waals surface area (Å²) in [5.41, 5.74) is 7.98. The Morgan fingerprint density at radius 1 is 0.586 bits per heavy atom. The van der Waals surface area contributed by atoms with E-state index in [2.05, 4.69) is 84.7 Å². The van der Waals surface area contributed by atoms with Crippen LogP contribution in [-0.2, 0) is 28.5 Å². The van der Waals surface area contributed by atoms with Gasteiger partial charge in [-0.1, -0.05) is 38.1 Å². The molecule has 8 atom stereocenters. The number of aromatic nitrogens is 5. The first-order valence-corrected chi connectivity index (χ1v) is 24.8. The van der Waals surface area contributed by atoms with E-state index < -0.39 is 24.3 Å². The normalized spacial score (nSPS) is 24.3. The maximum Gasteiger partial charge on any atom is 0.407 e. The summed E-state index contributed by atoms with van der Waals surface area (Å²) >= 11 is 0. The smallest absolute Gasteiger partial charge is 0.407 e. The molecule has 0 aliphatic carbocycles. The van der Waals surface area contributed by atoms with Crippen molar-refractivity contribution in [3.8, 4) is 22.4 Å². The number of carbonyl (C=O) groups excluding carboxylic acids is 4. The predicted molar refractivity (Wildman–Crippen MR) is 263 cm³/mol. The second kappa shape index (κ2) is 19.7. The average Bonchev–Trinajstić information content (AvgIpc) is 4.16. The Bertz CT molecular complexity index is 2730. The molecule has 7 heterocycles. The van der Waals surface area contributed by atoms with Gasteiger partial charge in [0.25, 0.3) is 0 Å². The minimum atomic E-state index is -0.728. The standard InChI is InChI=1S/C53H63N9O8/c1-28-23-44(61(30(28)3)50(63)46(59-52(65)67-5)32-15-19-69-20-16-32)48-55-40-13-8-35(26-42(40)57-48)34-7-11-38-36(25-34)9-12-39(54-38)37-10-14-41-43(27-37)58-49(56-41)45-24-29(2)31(4)62(45)51(64)47(60-53(66)68-6)33-17-21-70-22-18-33/h7-14,25-33,44-47H,15-24H2,1-6H3,(H,55,57)(H,56,58)(H,59,65)(H,60,66)/t28-,29-,30-,31-,44+,45+,46+,47+/m1/s1. The number of fused-ring (bicyclic) bond motifs is 3. The van der Waals surface area contributed by atoms with Crippen molar-refractivity contribution in [3.05, 3.63) is 78.4 Å². The molecule has 4 saturated heterocycles. The number of pyridine rings is 1. The lowest BCUT2D eigenvalue weighted by atomic mass is 9.90. The average molecular weight is 954 g/mol. The van der Waals surface area contributed by atoms with Crippen LogP contribution in [0.2, 0.25) is 0 Å². The topological polar surface area (TPSA) is 206 Å². The molecule has 4 N–H and O–H groups in total. The number of nitrogens with zero attached hydrogens (tertiary/aromatic N) is 5. The zero-order valence-electron chi connectivity index (χ0n) is 40.7. The molecule has 0 spiro atoms. The predicted octanol–water partition coefficient (Wildman–Crippen LogP) is 8.22. The van der Waals surface area contributed by atoms with Gasteiger partial charge in [-0.05, 0) is 130 Å². The number of benzene rings is 3. The molecular weight excluding hydrogens is 891 g/mol. The molecule has 17 heteroatoms. The first-order valence-electron chi connectivity index (χ1n) is 24.8. The zero-order valence-corrected chi connectivity index (χ0v) is 40.7. The molecule has 4 amide bonds. The summed E-state index contributed by atoms with van der Waals surface area (Å²) in [5, 5.41) is 6.72. The summed E-state index contributed by atoms with van der Waals surface area (Å²) in [6.07, 6.45) is 2.94. The van der Waals surface area contributed by atoms with E-state index in [0.29, 0.717) is 57.9 Å². The Labute approximate surface area is 406 Å². The summed E-state index contributed by atoms with van der Waals surface area (Å²) < 4.78 is 21.1. The van der Waals surface area contributed by atoms with Gasteiger partial charge in [0.1, 0.15) is 23.7 Å². The van der Waals surface area contributed by atoms with Crippen molar-refractivity contribution in [1.82, 2.24) is 45.4 Å². The largest absolute Gasteiger partial charge is 0.453 e. The summed E-state index contributed by atoms with van der Waals surface area (Å²) in [4.78, 5) is 80.0. The van der Waals surface area contributed by atoms with Crippen LogP contribution in [0.5, 0.6) is 0 Å². The van der Waals surface area contributed by atoms with Crippen LogP contribution in [0.25, 0.3) is 55.4 Å². The Morgan fingerprint density at radius 3 is 1.51 bits per heavy atom. The van der Waals surface area contributed by atoms with Crippen LogP contribution in [0.1, 0.15) is 90.0 Å². The highest BCUT2D eigenvalue weighted by Crippen LogP contribution is 2.43. The van der Waals surface area contributed by atoms with Gasteiger partial charge in [0.2, 0.25) is 11.8 Å². The van der Waals surface area contributed by atoms with Crippen LogP contribution in [-0.4, -0.2) is 124 Å². The van der Waals surface area contributed by atoms with Crippen molar-refractivity contribution in [2.24, 2.45) is 23.7 Å². The van der Waals surface area contributed by atoms with Crippen LogP contribution in [0.3, 0.4) is 0 Å². The molecule has 17 nitrogen and oxygen atoms in total. The number of rotatable bonds is 10. The number of imidazole rings is 2. The minimum Gasteiger partial charge on any atom is -0.453 e. The van der Waals surface area contributed by atoms with Gasteiger partial charge in [-0.3, -0.25) is 9.59 Å². The van der Waals surface area contributed by atoms with Gasteiger partial charge in [-0.2, -0.15) is 0 Å². The third kappa shape index (κ3) is 9.04. The molecule has 4 aliphatic rings. The quantitative estimate of drug-likeness (QED) is 0.103. The van der Waals surface area contributed by atoms with E-state index in [1.54, 1.807) is 0 Å². The summed E-state index contributed by atoms with van der Waals surface area (Å²) in [6, 6.07) is 20.5. The third-order valence-corrected chi connectivity index (χ3v) is 15.8. The number of likely N-dealkylation sites (tertiary alicyclic amines) is 2. The number of alkyl carbamates (subject to hydrolysis) is 2. The van der Waals surface area contributed by atoms with Crippen molar-refractivity contribution in [3.63, 3.8) is 0 Å². The van der Waals surface area contributed by atoms with Crippen LogP contribution in [0, 0.1) is 23.7 Å². The van der Waals surface area contributed by atoms with Gasteiger partial charge in [0.05, 0.1) is 59.6 Å². The maximum absolute atomic E-state index is 14.5. The summed E-state index contributed by atoms with van der Waals surface area (Å²) in [6.45, 7) is 10.6. The highest BCUT2D eigenvalue weighted by atomic mass is 16.5. The van der Waals surface area contributed by atoms with E-state index in [4.69, 9.17) is 33.9 Å². The Kier molecular flexibility index (Phi) is 13.2. The first-order chi connectivity index (χ1) is 33.9. The summed E-state index contributed by atoms with van der Waals surface area (Å²) in [7, 11) is 2.63. The Balaban J connectivity index is 0.873. The molecule has 0 saturated carbocycles. The second-order valence-electron chi connectivity index (χ2n) is 19.9. The number of hydrogen-bond donors (Lipinski definition) is 4. The molecule has 70 heavy (non-hydrogen) atoms. The molecule has 3 aromatic heterocycles. The number of carbonyl (C=O) groups is 4. The van der Waals surface area contributed by atoms with E-state index in [-0.39, 0.29) is 59.7 Å². The fraction of sp³-hybridized carbons (Fsp3) is 0.491. The molecule has 4 fully saturated rings. The number of nitrogens with one attached hydrogen (secondary N) is 4. The number of H-pyrrole nitrogens is 2. The lowest BCUT2D eigenvalue weighted by molar-refractivity contribution is -0.139. The molecule has 0 radical (unpaired) electrons. The number of methoxy groups -OCH3 is 2. The molecule has 6 aromatic rings. The highest BCUT2D eigenvalue weighted by molar-refractivity contribution is 5.91. The fourth-order valence-corrected chi connectivity index (χ4v) is 11.4. The van der Waals surface area contributed by atoms with Gasteiger partial charge >= 0.3 is 12.2 Å². The Hall–Kier alpha value is -6.59. The lowest BCUT2D eigenvalue weighted by Crippen LogP contribution is -2.54.